The van der Waals surface area contributed by atoms with Gasteiger partial charge in [0.05, 0.1) is 27.5 Å². The summed E-state index contributed by atoms with van der Waals surface area (Å²) in [6, 6.07) is 10.1. The lowest BCUT2D eigenvalue weighted by Crippen LogP contribution is -2.20. The summed E-state index contributed by atoms with van der Waals surface area (Å²) in [5.41, 5.74) is 3.30. The second kappa shape index (κ2) is 9.43. The van der Waals surface area contributed by atoms with Crippen molar-refractivity contribution >= 4 is 48.9 Å². The van der Waals surface area contributed by atoms with Crippen LogP contribution in [0.5, 0.6) is 0 Å². The van der Waals surface area contributed by atoms with E-state index in [1.165, 1.54) is 35.6 Å². The molecule has 0 saturated heterocycles. The van der Waals surface area contributed by atoms with Crippen molar-refractivity contribution in [2.24, 2.45) is 4.99 Å². The van der Waals surface area contributed by atoms with Crippen LogP contribution < -0.4 is 4.80 Å². The zero-order valence-electron chi connectivity index (χ0n) is 17.0. The van der Waals surface area contributed by atoms with E-state index in [0.717, 1.165) is 21.3 Å². The standard InChI is InChI=1S/C21H23ClN2O4S2/c1-14-12-18-19(13-15(14)2)29-21(24(18)9-10-28-3)23-20(25)8-11-30(26,27)17-6-4-16(22)5-7-17/h4-7,12-13H,8-11H2,1-3H3. The molecule has 0 N–H and O–H groups in total. The van der Waals surface area contributed by atoms with Crippen molar-refractivity contribution in [1.29, 1.82) is 0 Å². The normalized spacial score (nSPS) is 12.6. The smallest absolute Gasteiger partial charge is 0.249 e. The van der Waals surface area contributed by atoms with Crippen LogP contribution >= 0.6 is 22.9 Å². The molecule has 0 fully saturated rings. The fraction of sp³-hybridized carbons (Fsp3) is 0.333. The SMILES string of the molecule is COCCn1c(=NC(=O)CCS(=O)(=O)c2ccc(Cl)cc2)sc2cc(C)c(C)cc21. The molecule has 6 nitrogen and oxygen atoms in total. The second-order valence-corrected chi connectivity index (χ2v) is 10.5. The van der Waals surface area contributed by atoms with Crippen molar-refractivity contribution in [2.45, 2.75) is 31.7 Å². The molecule has 2 aromatic carbocycles. The predicted octanol–water partition coefficient (Wildman–Crippen LogP) is 3.91. The third-order valence-electron chi connectivity index (χ3n) is 4.80. The molecule has 3 aromatic rings. The minimum Gasteiger partial charge on any atom is -0.383 e. The van der Waals surface area contributed by atoms with Gasteiger partial charge in [0.1, 0.15) is 0 Å². The van der Waals surface area contributed by atoms with E-state index >= 15 is 0 Å². The lowest BCUT2D eigenvalue weighted by atomic mass is 10.1. The molecule has 0 radical (unpaired) electrons. The monoisotopic (exact) mass is 466 g/mol. The van der Waals surface area contributed by atoms with Gasteiger partial charge in [-0.05, 0) is 61.4 Å². The van der Waals surface area contributed by atoms with Crippen LogP contribution in [-0.2, 0) is 25.9 Å². The van der Waals surface area contributed by atoms with Gasteiger partial charge in [-0.15, -0.1) is 0 Å². The number of fused-ring (bicyclic) bond motifs is 1. The summed E-state index contributed by atoms with van der Waals surface area (Å²) < 4.78 is 33.1. The first kappa shape index (κ1) is 22.7. The predicted molar refractivity (Wildman–Crippen MR) is 120 cm³/mol. The van der Waals surface area contributed by atoms with E-state index in [1.54, 1.807) is 7.11 Å². The van der Waals surface area contributed by atoms with Gasteiger partial charge in [0.15, 0.2) is 14.6 Å². The van der Waals surface area contributed by atoms with E-state index in [1.807, 2.05) is 18.4 Å². The molecule has 0 saturated carbocycles. The van der Waals surface area contributed by atoms with Crippen molar-refractivity contribution in [2.75, 3.05) is 19.5 Å². The van der Waals surface area contributed by atoms with Crippen molar-refractivity contribution in [1.82, 2.24) is 4.57 Å². The van der Waals surface area contributed by atoms with Gasteiger partial charge < -0.3 is 9.30 Å². The molecule has 1 amide bonds. The molecule has 1 heterocycles. The summed E-state index contributed by atoms with van der Waals surface area (Å²) in [4.78, 5) is 17.4. The first-order chi connectivity index (χ1) is 14.2. The highest BCUT2D eigenvalue weighted by Gasteiger charge is 2.17. The Morgan fingerprint density at radius 1 is 1.17 bits per heavy atom. The summed E-state index contributed by atoms with van der Waals surface area (Å²) in [5, 5.41) is 0.455. The topological polar surface area (TPSA) is 77.7 Å². The van der Waals surface area contributed by atoms with E-state index in [-0.39, 0.29) is 17.1 Å². The molecule has 0 aliphatic heterocycles. The molecule has 0 aliphatic rings. The summed E-state index contributed by atoms with van der Waals surface area (Å²) in [6.07, 6.45) is -0.193. The number of thiazole rings is 1. The third-order valence-corrected chi connectivity index (χ3v) is 7.82. The maximum atomic E-state index is 12.5. The Bertz CT molecular complexity index is 1240. The minimum atomic E-state index is -3.59. The highest BCUT2D eigenvalue weighted by molar-refractivity contribution is 7.91. The van der Waals surface area contributed by atoms with Crippen LogP contribution in [0.2, 0.25) is 5.02 Å². The molecular weight excluding hydrogens is 444 g/mol. The largest absolute Gasteiger partial charge is 0.383 e. The summed E-state index contributed by atoms with van der Waals surface area (Å²) in [7, 11) is -1.97. The maximum absolute atomic E-state index is 12.5. The van der Waals surface area contributed by atoms with Gasteiger partial charge in [-0.3, -0.25) is 4.79 Å². The number of carbonyl (C=O) groups is 1. The fourth-order valence-corrected chi connectivity index (χ4v) is 5.46. The zero-order valence-corrected chi connectivity index (χ0v) is 19.4. The van der Waals surface area contributed by atoms with Gasteiger partial charge in [-0.2, -0.15) is 4.99 Å². The second-order valence-electron chi connectivity index (χ2n) is 6.96. The van der Waals surface area contributed by atoms with Crippen LogP contribution in [0.4, 0.5) is 0 Å². The molecule has 0 atom stereocenters. The molecule has 160 valence electrons. The number of halogens is 1. The Hall–Kier alpha value is -2.00. The lowest BCUT2D eigenvalue weighted by molar-refractivity contribution is -0.117. The van der Waals surface area contributed by atoms with Gasteiger partial charge >= 0.3 is 0 Å². The quantitative estimate of drug-likeness (QED) is 0.529. The van der Waals surface area contributed by atoms with Crippen LogP contribution in [0, 0.1) is 13.8 Å². The molecule has 0 bridgehead atoms. The third kappa shape index (κ3) is 5.18. The van der Waals surface area contributed by atoms with Crippen molar-refractivity contribution in [3.63, 3.8) is 0 Å². The average Bonchev–Trinajstić information content (AvgIpc) is 3.01. The highest BCUT2D eigenvalue weighted by Crippen LogP contribution is 2.22. The van der Waals surface area contributed by atoms with Gasteiger partial charge in [0, 0.05) is 25.1 Å². The van der Waals surface area contributed by atoms with E-state index in [4.69, 9.17) is 16.3 Å². The number of rotatable bonds is 7. The van der Waals surface area contributed by atoms with Crippen molar-refractivity contribution < 1.29 is 17.9 Å². The Kier molecular flexibility index (Phi) is 7.13. The molecule has 0 unspecified atom stereocenters. The zero-order chi connectivity index (χ0) is 21.9. The van der Waals surface area contributed by atoms with Crippen molar-refractivity contribution in [3.8, 4) is 0 Å². The van der Waals surface area contributed by atoms with Crippen LogP contribution in [-0.4, -0.2) is 38.4 Å². The summed E-state index contributed by atoms with van der Waals surface area (Å²) in [5.74, 6) is -0.781. The number of methoxy groups -OCH3 is 1. The van der Waals surface area contributed by atoms with Crippen molar-refractivity contribution in [3.05, 3.63) is 57.3 Å². The molecule has 3 rings (SSSR count). The summed E-state index contributed by atoms with van der Waals surface area (Å²) >= 11 is 7.22. The molecule has 9 heteroatoms. The van der Waals surface area contributed by atoms with Gasteiger partial charge in [0.2, 0.25) is 5.91 Å². The molecule has 0 aliphatic carbocycles. The Labute approximate surface area is 184 Å². The number of aromatic nitrogens is 1. The Morgan fingerprint density at radius 2 is 1.83 bits per heavy atom. The van der Waals surface area contributed by atoms with Gasteiger partial charge in [0.25, 0.3) is 0 Å². The number of carbonyl (C=O) groups excluding carboxylic acids is 1. The number of hydrogen-bond acceptors (Lipinski definition) is 5. The van der Waals surface area contributed by atoms with E-state index in [2.05, 4.69) is 17.1 Å². The van der Waals surface area contributed by atoms with Gasteiger partial charge in [-0.25, -0.2) is 8.42 Å². The van der Waals surface area contributed by atoms with Crippen LogP contribution in [0.1, 0.15) is 17.5 Å². The number of hydrogen-bond donors (Lipinski definition) is 0. The number of nitrogens with zero attached hydrogens (tertiary/aromatic N) is 2. The summed E-state index contributed by atoms with van der Waals surface area (Å²) in [6.45, 7) is 5.10. The first-order valence-corrected chi connectivity index (χ1v) is 12.2. The molecule has 30 heavy (non-hydrogen) atoms. The first-order valence-electron chi connectivity index (χ1n) is 9.36. The number of amides is 1. The van der Waals surface area contributed by atoms with Crippen LogP contribution in [0.15, 0.2) is 46.3 Å². The lowest BCUT2D eigenvalue weighted by Gasteiger charge is -2.06. The molecule has 0 spiro atoms. The van der Waals surface area contributed by atoms with E-state index in [9.17, 15) is 13.2 Å². The number of ether oxygens (including phenoxy) is 1. The number of benzene rings is 2. The van der Waals surface area contributed by atoms with Crippen LogP contribution in [0.3, 0.4) is 0 Å². The highest BCUT2D eigenvalue weighted by atomic mass is 35.5. The maximum Gasteiger partial charge on any atom is 0.249 e. The minimum absolute atomic E-state index is 0.141. The molecule has 1 aromatic heterocycles. The number of sulfone groups is 1. The van der Waals surface area contributed by atoms with Gasteiger partial charge in [-0.1, -0.05) is 22.9 Å². The Balaban J connectivity index is 1.88. The van der Waals surface area contributed by atoms with Crippen LogP contribution in [0.25, 0.3) is 10.2 Å². The molecular formula is C21H23ClN2O4S2. The average molecular weight is 467 g/mol. The van der Waals surface area contributed by atoms with E-state index < -0.39 is 15.7 Å². The Morgan fingerprint density at radius 3 is 2.50 bits per heavy atom. The number of aryl methyl sites for hydroxylation is 2. The fourth-order valence-electron chi connectivity index (χ4n) is 2.95. The van der Waals surface area contributed by atoms with E-state index in [0.29, 0.717) is 23.0 Å².